The molecule has 0 radical (unpaired) electrons. The van der Waals surface area contributed by atoms with Gasteiger partial charge in [-0.15, -0.1) is 0 Å². The summed E-state index contributed by atoms with van der Waals surface area (Å²) >= 11 is 0. The van der Waals surface area contributed by atoms with Crippen molar-refractivity contribution in [3.8, 4) is 0 Å². The second-order valence-corrected chi connectivity index (χ2v) is 4.94. The molecule has 0 spiro atoms. The molecule has 94 valence electrons. The van der Waals surface area contributed by atoms with Gasteiger partial charge in [-0.1, -0.05) is 44.2 Å². The smallest absolute Gasteiger partial charge is 0.219 e. The summed E-state index contributed by atoms with van der Waals surface area (Å²) in [5, 5.41) is 3.29. The number of hydrogen-bond donors (Lipinski definition) is 2. The first kappa shape index (κ1) is 13.7. The number of nitrogens with two attached hydrogens (primary N) is 1. The molecule has 3 nitrogen and oxygen atoms in total. The van der Waals surface area contributed by atoms with E-state index in [0.717, 1.165) is 12.0 Å². The molecule has 1 amide bonds. The first-order valence-electron chi connectivity index (χ1n) is 6.03. The highest BCUT2D eigenvalue weighted by Gasteiger charge is 2.32. The Hall–Kier alpha value is -1.35. The first-order valence-corrected chi connectivity index (χ1v) is 6.03. The molecule has 0 fully saturated rings. The Labute approximate surface area is 103 Å². The highest BCUT2D eigenvalue weighted by atomic mass is 16.1. The Balaban J connectivity index is 3.10. The minimum absolute atomic E-state index is 0.274. The van der Waals surface area contributed by atoms with Crippen LogP contribution in [-0.4, -0.2) is 13.0 Å². The summed E-state index contributed by atoms with van der Waals surface area (Å²) in [6.45, 7) is 4.30. The van der Waals surface area contributed by atoms with Gasteiger partial charge >= 0.3 is 0 Å². The van der Waals surface area contributed by atoms with Gasteiger partial charge in [0.05, 0.1) is 5.54 Å². The molecule has 3 heteroatoms. The summed E-state index contributed by atoms with van der Waals surface area (Å²) in [5.41, 5.74) is 6.16. The number of primary amides is 1. The van der Waals surface area contributed by atoms with Gasteiger partial charge in [-0.05, 0) is 24.9 Å². The third-order valence-corrected chi connectivity index (χ3v) is 3.04. The summed E-state index contributed by atoms with van der Waals surface area (Å²) in [7, 11) is 1.89. The number of hydrogen-bond acceptors (Lipinski definition) is 2. The Bertz CT molecular complexity index is 362. The van der Waals surface area contributed by atoms with Crippen molar-refractivity contribution in [3.63, 3.8) is 0 Å². The van der Waals surface area contributed by atoms with Crippen molar-refractivity contribution in [2.45, 2.75) is 32.2 Å². The number of amides is 1. The van der Waals surface area contributed by atoms with Gasteiger partial charge in [-0.25, -0.2) is 0 Å². The van der Waals surface area contributed by atoms with Gasteiger partial charge in [0.15, 0.2) is 0 Å². The lowest BCUT2D eigenvalue weighted by atomic mass is 9.79. The maximum Gasteiger partial charge on any atom is 0.219 e. The van der Waals surface area contributed by atoms with Crippen molar-refractivity contribution in [2.75, 3.05) is 7.05 Å². The van der Waals surface area contributed by atoms with Crippen molar-refractivity contribution < 1.29 is 4.79 Å². The largest absolute Gasteiger partial charge is 0.370 e. The molecular formula is C14H22N2O. The zero-order valence-electron chi connectivity index (χ0n) is 10.9. The topological polar surface area (TPSA) is 55.1 Å². The van der Waals surface area contributed by atoms with Crippen LogP contribution in [0.3, 0.4) is 0 Å². The van der Waals surface area contributed by atoms with Crippen LogP contribution in [0.2, 0.25) is 0 Å². The van der Waals surface area contributed by atoms with Crippen LogP contribution in [0.1, 0.15) is 32.3 Å². The SMILES string of the molecule is CNC(CC(N)=O)(CC(C)C)c1ccccc1. The van der Waals surface area contributed by atoms with E-state index in [1.165, 1.54) is 0 Å². The first-order chi connectivity index (χ1) is 8.00. The fourth-order valence-corrected chi connectivity index (χ4v) is 2.38. The molecule has 0 aromatic heterocycles. The average molecular weight is 234 g/mol. The van der Waals surface area contributed by atoms with Crippen molar-refractivity contribution >= 4 is 5.91 Å². The van der Waals surface area contributed by atoms with E-state index < -0.39 is 0 Å². The van der Waals surface area contributed by atoms with E-state index in [1.807, 2.05) is 37.4 Å². The molecule has 0 saturated heterocycles. The van der Waals surface area contributed by atoms with Gasteiger partial charge in [-0.3, -0.25) is 4.79 Å². The molecule has 0 heterocycles. The van der Waals surface area contributed by atoms with Crippen LogP contribution >= 0.6 is 0 Å². The molecule has 3 N–H and O–H groups in total. The molecule has 0 bridgehead atoms. The maximum atomic E-state index is 11.3. The molecule has 0 aliphatic heterocycles. The molecule has 1 atom stereocenters. The third-order valence-electron chi connectivity index (χ3n) is 3.04. The van der Waals surface area contributed by atoms with E-state index in [9.17, 15) is 4.79 Å². The van der Waals surface area contributed by atoms with E-state index in [0.29, 0.717) is 12.3 Å². The van der Waals surface area contributed by atoms with Crippen molar-refractivity contribution in [1.82, 2.24) is 5.32 Å². The number of carbonyl (C=O) groups excluding carboxylic acids is 1. The standard InChI is InChI=1S/C14H22N2O/c1-11(2)9-14(16-3,10-13(15)17)12-7-5-4-6-8-12/h4-8,11,16H,9-10H2,1-3H3,(H2,15,17). The predicted octanol–water partition coefficient (Wildman–Crippen LogP) is 2.02. The van der Waals surface area contributed by atoms with Crippen LogP contribution < -0.4 is 11.1 Å². The lowest BCUT2D eigenvalue weighted by molar-refractivity contribution is -0.119. The lowest BCUT2D eigenvalue weighted by Gasteiger charge is -2.35. The summed E-state index contributed by atoms with van der Waals surface area (Å²) in [6, 6.07) is 10.0. The van der Waals surface area contributed by atoms with Crippen LogP contribution in [-0.2, 0) is 10.3 Å². The van der Waals surface area contributed by atoms with E-state index in [2.05, 4.69) is 19.2 Å². The van der Waals surface area contributed by atoms with Gasteiger partial charge in [0.25, 0.3) is 0 Å². The van der Waals surface area contributed by atoms with Crippen molar-refractivity contribution in [3.05, 3.63) is 35.9 Å². The lowest BCUT2D eigenvalue weighted by Crippen LogP contribution is -2.44. The molecule has 1 aromatic rings. The van der Waals surface area contributed by atoms with E-state index in [1.54, 1.807) is 0 Å². The zero-order valence-corrected chi connectivity index (χ0v) is 10.9. The summed E-state index contributed by atoms with van der Waals surface area (Å²) in [5.74, 6) is 0.214. The fourth-order valence-electron chi connectivity index (χ4n) is 2.38. The van der Waals surface area contributed by atoms with Gasteiger partial charge < -0.3 is 11.1 Å². The Morgan fingerprint density at radius 3 is 2.35 bits per heavy atom. The molecule has 0 saturated carbocycles. The molecule has 17 heavy (non-hydrogen) atoms. The number of rotatable bonds is 6. The summed E-state index contributed by atoms with van der Waals surface area (Å²) in [6.07, 6.45) is 1.21. The minimum atomic E-state index is -0.346. The third kappa shape index (κ3) is 3.56. The highest BCUT2D eigenvalue weighted by Crippen LogP contribution is 2.31. The molecule has 0 aliphatic rings. The van der Waals surface area contributed by atoms with Crippen molar-refractivity contribution in [1.29, 1.82) is 0 Å². The molecule has 1 unspecified atom stereocenters. The summed E-state index contributed by atoms with van der Waals surface area (Å²) in [4.78, 5) is 11.3. The number of benzene rings is 1. The van der Waals surface area contributed by atoms with Gasteiger partial charge in [-0.2, -0.15) is 0 Å². The van der Waals surface area contributed by atoms with Gasteiger partial charge in [0.2, 0.25) is 5.91 Å². The Kier molecular flexibility index (Phi) is 4.70. The van der Waals surface area contributed by atoms with Crippen LogP contribution in [0.5, 0.6) is 0 Å². The maximum absolute atomic E-state index is 11.3. The predicted molar refractivity (Wildman–Crippen MR) is 70.4 cm³/mol. The molecule has 1 rings (SSSR count). The van der Waals surface area contributed by atoms with Gasteiger partial charge in [0, 0.05) is 6.42 Å². The van der Waals surface area contributed by atoms with E-state index in [-0.39, 0.29) is 11.4 Å². The second kappa shape index (κ2) is 5.82. The number of carbonyl (C=O) groups is 1. The second-order valence-electron chi connectivity index (χ2n) is 4.94. The molecule has 1 aromatic carbocycles. The molecule has 0 aliphatic carbocycles. The molecular weight excluding hydrogens is 212 g/mol. The van der Waals surface area contributed by atoms with Crippen LogP contribution in [0.15, 0.2) is 30.3 Å². The monoisotopic (exact) mass is 234 g/mol. The zero-order chi connectivity index (χ0) is 12.9. The normalized spacial score (nSPS) is 14.6. The van der Waals surface area contributed by atoms with E-state index in [4.69, 9.17) is 5.73 Å². The van der Waals surface area contributed by atoms with E-state index >= 15 is 0 Å². The average Bonchev–Trinajstić information content (AvgIpc) is 2.28. The van der Waals surface area contributed by atoms with Crippen molar-refractivity contribution in [2.24, 2.45) is 11.7 Å². The highest BCUT2D eigenvalue weighted by molar-refractivity contribution is 5.75. The van der Waals surface area contributed by atoms with Gasteiger partial charge in [0.1, 0.15) is 0 Å². The number of nitrogens with one attached hydrogen (secondary N) is 1. The fraction of sp³-hybridized carbons (Fsp3) is 0.500. The quantitative estimate of drug-likeness (QED) is 0.791. The van der Waals surface area contributed by atoms with Crippen LogP contribution in [0, 0.1) is 5.92 Å². The summed E-state index contributed by atoms with van der Waals surface area (Å²) < 4.78 is 0. The van der Waals surface area contributed by atoms with Crippen LogP contribution in [0.4, 0.5) is 0 Å². The Morgan fingerprint density at radius 2 is 1.94 bits per heavy atom. The Morgan fingerprint density at radius 1 is 1.35 bits per heavy atom. The minimum Gasteiger partial charge on any atom is -0.370 e. The van der Waals surface area contributed by atoms with Crippen LogP contribution in [0.25, 0.3) is 0 Å².